The second-order valence-electron chi connectivity index (χ2n) is 7.91. The van der Waals surface area contributed by atoms with Crippen molar-refractivity contribution in [2.45, 2.75) is 0 Å². The Morgan fingerprint density at radius 1 is 0.514 bits per heavy atom. The standard InChI is InChI=1S/C26H13F5N4/c27-20-14-7-6-13(32-14)19(12-4-2-1-3-5-12)25-23(30)24(31)26(35-25)22(29)18-11-10-17(34-18)21(28)16-9-8-15(20)33-16/h1-11,32-33H. The molecule has 2 N–H and O–H groups in total. The lowest BCUT2D eigenvalue weighted by Gasteiger charge is -2.04. The highest BCUT2D eigenvalue weighted by atomic mass is 19.2. The summed E-state index contributed by atoms with van der Waals surface area (Å²) in [5.41, 5.74) is -1.37. The summed E-state index contributed by atoms with van der Waals surface area (Å²) in [6.45, 7) is 0. The van der Waals surface area contributed by atoms with Gasteiger partial charge in [0.2, 0.25) is 0 Å². The lowest BCUT2D eigenvalue weighted by molar-refractivity contribution is 0.599. The van der Waals surface area contributed by atoms with E-state index in [1.54, 1.807) is 30.3 Å². The molecule has 2 aliphatic heterocycles. The average Bonchev–Trinajstić information content (AvgIpc) is 3.68. The van der Waals surface area contributed by atoms with Crippen LogP contribution in [0, 0.1) is 17.5 Å². The van der Waals surface area contributed by atoms with Gasteiger partial charge in [0.05, 0.1) is 16.6 Å². The number of hydrogen-bond donors (Lipinski definition) is 2. The Morgan fingerprint density at radius 3 is 1.74 bits per heavy atom. The van der Waals surface area contributed by atoms with Crippen LogP contribution in [0.3, 0.4) is 0 Å². The van der Waals surface area contributed by atoms with Gasteiger partial charge < -0.3 is 9.97 Å². The maximum atomic E-state index is 15.3. The third-order valence-corrected chi connectivity index (χ3v) is 5.78. The number of H-pyrrole nitrogens is 2. The summed E-state index contributed by atoms with van der Waals surface area (Å²) >= 11 is 0. The second-order valence-corrected chi connectivity index (χ2v) is 7.91. The first-order valence-corrected chi connectivity index (χ1v) is 10.5. The van der Waals surface area contributed by atoms with Gasteiger partial charge in [0.25, 0.3) is 0 Å². The van der Waals surface area contributed by atoms with E-state index in [4.69, 9.17) is 0 Å². The molecule has 35 heavy (non-hydrogen) atoms. The molecular formula is C26H13F5N4. The summed E-state index contributed by atoms with van der Waals surface area (Å²) < 4.78 is 75.6. The highest BCUT2D eigenvalue weighted by Gasteiger charge is 2.28. The fourth-order valence-corrected chi connectivity index (χ4v) is 4.08. The first-order chi connectivity index (χ1) is 16.9. The molecule has 4 aromatic rings. The summed E-state index contributed by atoms with van der Waals surface area (Å²) in [6, 6.07) is 13.9. The largest absolute Gasteiger partial charge is 0.352 e. The molecule has 1 aromatic carbocycles. The number of benzene rings is 1. The van der Waals surface area contributed by atoms with Gasteiger partial charge in [-0.1, -0.05) is 30.3 Å². The quantitative estimate of drug-likeness (QED) is 0.249. The van der Waals surface area contributed by atoms with Crippen molar-refractivity contribution in [3.63, 3.8) is 0 Å². The van der Waals surface area contributed by atoms with Crippen LogP contribution in [0.5, 0.6) is 0 Å². The van der Waals surface area contributed by atoms with Crippen molar-refractivity contribution in [3.05, 3.63) is 94.8 Å². The van der Waals surface area contributed by atoms with E-state index in [1.165, 1.54) is 30.3 Å². The summed E-state index contributed by atoms with van der Waals surface area (Å²) in [5, 5.41) is 0. The van der Waals surface area contributed by atoms with Crippen molar-refractivity contribution in [3.8, 4) is 11.1 Å². The maximum Gasteiger partial charge on any atom is 0.189 e. The van der Waals surface area contributed by atoms with E-state index in [1.807, 2.05) is 0 Å². The SMILES string of the molecule is FC1=C(F)c2nc1c(F)c1nc(c(F)c3ccc([nH]3)c(F)c3ccc([nH]3)c2-c2ccccc2)C=C1. The number of fused-ring (bicyclic) bond motifs is 8. The van der Waals surface area contributed by atoms with Crippen LogP contribution in [-0.2, 0) is 0 Å². The summed E-state index contributed by atoms with van der Waals surface area (Å²) in [5.74, 6) is -5.73. The van der Waals surface area contributed by atoms with Gasteiger partial charge in [-0.05, 0) is 42.0 Å². The van der Waals surface area contributed by atoms with Gasteiger partial charge in [0, 0.05) is 11.1 Å². The van der Waals surface area contributed by atoms with Crippen LogP contribution in [0.25, 0.3) is 57.0 Å². The third-order valence-electron chi connectivity index (χ3n) is 5.78. The Kier molecular flexibility index (Phi) is 4.67. The minimum absolute atomic E-state index is 0.00783. The zero-order valence-corrected chi connectivity index (χ0v) is 17.6. The van der Waals surface area contributed by atoms with E-state index < -0.39 is 46.2 Å². The molecule has 6 rings (SSSR count). The van der Waals surface area contributed by atoms with Gasteiger partial charge >= 0.3 is 0 Å². The molecule has 0 saturated heterocycles. The van der Waals surface area contributed by atoms with Crippen molar-refractivity contribution < 1.29 is 22.0 Å². The normalized spacial score (nSPS) is 13.1. The van der Waals surface area contributed by atoms with E-state index in [2.05, 4.69) is 19.9 Å². The summed E-state index contributed by atoms with van der Waals surface area (Å²) in [4.78, 5) is 13.3. The molecule has 0 aliphatic carbocycles. The van der Waals surface area contributed by atoms with Crippen LogP contribution in [0.15, 0.2) is 54.6 Å². The number of aromatic amines is 2. The predicted octanol–water partition coefficient (Wildman–Crippen LogP) is 7.33. The van der Waals surface area contributed by atoms with Gasteiger partial charge in [0.1, 0.15) is 22.8 Å². The molecule has 0 amide bonds. The van der Waals surface area contributed by atoms with E-state index in [9.17, 15) is 8.78 Å². The highest BCUT2D eigenvalue weighted by molar-refractivity contribution is 5.96. The molecule has 172 valence electrons. The Balaban J connectivity index is 1.84. The summed E-state index contributed by atoms with van der Waals surface area (Å²) in [7, 11) is 0. The van der Waals surface area contributed by atoms with E-state index in [-0.39, 0.29) is 33.3 Å². The number of rotatable bonds is 1. The zero-order valence-electron chi connectivity index (χ0n) is 17.6. The molecule has 8 bridgehead atoms. The smallest absolute Gasteiger partial charge is 0.189 e. The lowest BCUT2D eigenvalue weighted by Crippen LogP contribution is -1.91. The van der Waals surface area contributed by atoms with Gasteiger partial charge in [-0.3, -0.25) is 0 Å². The monoisotopic (exact) mass is 476 g/mol. The number of aromatic nitrogens is 4. The first-order valence-electron chi connectivity index (χ1n) is 10.5. The van der Waals surface area contributed by atoms with Crippen molar-refractivity contribution in [2.75, 3.05) is 0 Å². The molecule has 0 atom stereocenters. The number of halogens is 5. The van der Waals surface area contributed by atoms with Crippen LogP contribution in [0.2, 0.25) is 0 Å². The summed E-state index contributed by atoms with van der Waals surface area (Å²) in [6.07, 6.45) is 2.31. The maximum absolute atomic E-state index is 15.3. The number of nitrogens with one attached hydrogen (secondary N) is 2. The molecule has 5 heterocycles. The second kappa shape index (κ2) is 7.76. The molecule has 0 unspecified atom stereocenters. The van der Waals surface area contributed by atoms with Gasteiger partial charge in [-0.15, -0.1) is 0 Å². The van der Waals surface area contributed by atoms with E-state index >= 15 is 13.2 Å². The molecular weight excluding hydrogens is 463 g/mol. The van der Waals surface area contributed by atoms with Crippen molar-refractivity contribution >= 4 is 45.9 Å². The Hall–Kier alpha value is -4.53. The number of nitrogens with zero attached hydrogens (tertiary/aromatic N) is 2. The minimum atomic E-state index is -1.51. The highest BCUT2D eigenvalue weighted by Crippen LogP contribution is 2.40. The van der Waals surface area contributed by atoms with Crippen LogP contribution in [-0.4, -0.2) is 19.9 Å². The fourth-order valence-electron chi connectivity index (χ4n) is 4.08. The lowest BCUT2D eigenvalue weighted by atomic mass is 10.0. The molecule has 0 saturated carbocycles. The van der Waals surface area contributed by atoms with Crippen molar-refractivity contribution in [1.29, 1.82) is 0 Å². The molecule has 9 heteroatoms. The predicted molar refractivity (Wildman–Crippen MR) is 124 cm³/mol. The molecule has 3 aromatic heterocycles. The Bertz CT molecular complexity index is 1750. The first kappa shape index (κ1) is 21.0. The molecule has 0 fully saturated rings. The van der Waals surface area contributed by atoms with Gasteiger partial charge in [-0.2, -0.15) is 0 Å². The van der Waals surface area contributed by atoms with Crippen LogP contribution >= 0.6 is 0 Å². The Morgan fingerprint density at radius 2 is 1.06 bits per heavy atom. The van der Waals surface area contributed by atoms with Crippen molar-refractivity contribution in [1.82, 2.24) is 19.9 Å². The molecule has 0 radical (unpaired) electrons. The van der Waals surface area contributed by atoms with Crippen LogP contribution < -0.4 is 0 Å². The zero-order chi connectivity index (χ0) is 24.3. The minimum Gasteiger partial charge on any atom is -0.352 e. The van der Waals surface area contributed by atoms with Crippen LogP contribution in [0.4, 0.5) is 22.0 Å². The van der Waals surface area contributed by atoms with E-state index in [0.29, 0.717) is 5.56 Å². The van der Waals surface area contributed by atoms with Crippen molar-refractivity contribution in [2.24, 2.45) is 0 Å². The Labute approximate surface area is 194 Å². The van der Waals surface area contributed by atoms with Gasteiger partial charge in [0.15, 0.2) is 29.1 Å². The molecule has 0 spiro atoms. The third kappa shape index (κ3) is 3.27. The molecule has 2 aliphatic rings. The van der Waals surface area contributed by atoms with E-state index in [0.717, 1.165) is 6.08 Å². The molecule has 4 nitrogen and oxygen atoms in total. The topological polar surface area (TPSA) is 57.4 Å². The average molecular weight is 476 g/mol. The number of hydrogen-bond acceptors (Lipinski definition) is 2. The fraction of sp³-hybridized carbons (Fsp3) is 0. The van der Waals surface area contributed by atoms with Crippen LogP contribution in [0.1, 0.15) is 22.8 Å². The van der Waals surface area contributed by atoms with Gasteiger partial charge in [-0.25, -0.2) is 31.9 Å².